The Balaban J connectivity index is 2.22. The average Bonchev–Trinajstić information content (AvgIpc) is 2.40. The number of rotatable bonds is 4. The van der Waals surface area contributed by atoms with Crippen molar-refractivity contribution in [1.29, 1.82) is 0 Å². The molecule has 0 unspecified atom stereocenters. The average molecular weight is 270 g/mol. The van der Waals surface area contributed by atoms with Gasteiger partial charge in [-0.15, -0.1) is 11.6 Å². The molecular weight excluding hydrogens is 249 g/mol. The predicted molar refractivity (Wildman–Crippen MR) is 75.9 cm³/mol. The van der Waals surface area contributed by atoms with Crippen LogP contribution in [0.1, 0.15) is 44.6 Å². The third-order valence-electron chi connectivity index (χ3n) is 3.78. The predicted octanol–water partition coefficient (Wildman–Crippen LogP) is 4.72. The van der Waals surface area contributed by atoms with E-state index in [0.717, 1.165) is 17.8 Å². The van der Waals surface area contributed by atoms with Crippen LogP contribution >= 0.6 is 11.6 Å². The SMILES string of the molecule is CCN(c1cc(F)cc(CCl)c1)C1CCCCC1. The minimum Gasteiger partial charge on any atom is -0.369 e. The molecule has 100 valence electrons. The van der Waals surface area contributed by atoms with Gasteiger partial charge in [0.2, 0.25) is 0 Å². The zero-order chi connectivity index (χ0) is 13.0. The zero-order valence-corrected chi connectivity index (χ0v) is 11.7. The molecule has 1 aliphatic rings. The Morgan fingerprint density at radius 2 is 1.94 bits per heavy atom. The second kappa shape index (κ2) is 6.42. The number of anilines is 1. The first-order valence-electron chi connectivity index (χ1n) is 6.86. The Morgan fingerprint density at radius 1 is 1.22 bits per heavy atom. The second-order valence-electron chi connectivity index (χ2n) is 5.03. The number of benzene rings is 1. The summed E-state index contributed by atoms with van der Waals surface area (Å²) in [5.74, 6) is 0.185. The molecule has 1 fully saturated rings. The molecule has 0 heterocycles. The molecule has 2 rings (SSSR count). The summed E-state index contributed by atoms with van der Waals surface area (Å²) < 4.78 is 13.6. The van der Waals surface area contributed by atoms with Crippen molar-refractivity contribution in [3.8, 4) is 0 Å². The van der Waals surface area contributed by atoms with E-state index in [0.29, 0.717) is 11.9 Å². The van der Waals surface area contributed by atoms with E-state index in [1.807, 2.05) is 6.07 Å². The Bertz CT molecular complexity index is 388. The Hall–Kier alpha value is -0.760. The number of alkyl halides is 1. The number of hydrogen-bond donors (Lipinski definition) is 0. The number of halogens is 2. The van der Waals surface area contributed by atoms with E-state index in [-0.39, 0.29) is 5.82 Å². The van der Waals surface area contributed by atoms with Crippen LogP contribution in [0.3, 0.4) is 0 Å². The van der Waals surface area contributed by atoms with E-state index < -0.39 is 0 Å². The summed E-state index contributed by atoms with van der Waals surface area (Å²) in [5.41, 5.74) is 1.85. The van der Waals surface area contributed by atoms with Crippen molar-refractivity contribution in [3.63, 3.8) is 0 Å². The fourth-order valence-corrected chi connectivity index (χ4v) is 3.07. The van der Waals surface area contributed by atoms with E-state index in [4.69, 9.17) is 11.6 Å². The maximum Gasteiger partial charge on any atom is 0.125 e. The molecule has 1 nitrogen and oxygen atoms in total. The first kappa shape index (κ1) is 13.7. The van der Waals surface area contributed by atoms with Crippen molar-refractivity contribution < 1.29 is 4.39 Å². The maximum absolute atomic E-state index is 13.6. The molecular formula is C15H21ClFN. The van der Waals surface area contributed by atoms with Gasteiger partial charge in [0.15, 0.2) is 0 Å². The fraction of sp³-hybridized carbons (Fsp3) is 0.600. The van der Waals surface area contributed by atoms with Crippen LogP contribution in [0, 0.1) is 5.82 Å². The molecule has 3 heteroatoms. The summed E-state index contributed by atoms with van der Waals surface area (Å²) in [6.07, 6.45) is 6.36. The smallest absolute Gasteiger partial charge is 0.125 e. The molecule has 0 spiro atoms. The van der Waals surface area contributed by atoms with Crippen LogP contribution in [0.5, 0.6) is 0 Å². The van der Waals surface area contributed by atoms with E-state index >= 15 is 0 Å². The molecule has 0 N–H and O–H groups in total. The third kappa shape index (κ3) is 3.17. The monoisotopic (exact) mass is 269 g/mol. The molecule has 0 bridgehead atoms. The van der Waals surface area contributed by atoms with Gasteiger partial charge in [-0.25, -0.2) is 4.39 Å². The van der Waals surface area contributed by atoms with Crippen LogP contribution in [0.2, 0.25) is 0 Å². The van der Waals surface area contributed by atoms with Gasteiger partial charge >= 0.3 is 0 Å². The molecule has 1 aromatic carbocycles. The lowest BCUT2D eigenvalue weighted by molar-refractivity contribution is 0.418. The molecule has 0 saturated heterocycles. The van der Waals surface area contributed by atoms with Crippen LogP contribution in [0.4, 0.5) is 10.1 Å². The summed E-state index contributed by atoms with van der Waals surface area (Å²) in [5, 5.41) is 0. The molecule has 0 amide bonds. The van der Waals surface area contributed by atoms with Gasteiger partial charge in [-0.3, -0.25) is 0 Å². The van der Waals surface area contributed by atoms with E-state index in [1.54, 1.807) is 6.07 Å². The van der Waals surface area contributed by atoms with Crippen LogP contribution in [-0.4, -0.2) is 12.6 Å². The van der Waals surface area contributed by atoms with Crippen molar-refractivity contribution in [3.05, 3.63) is 29.6 Å². The number of hydrogen-bond acceptors (Lipinski definition) is 1. The Morgan fingerprint density at radius 3 is 2.56 bits per heavy atom. The van der Waals surface area contributed by atoms with E-state index in [9.17, 15) is 4.39 Å². The lowest BCUT2D eigenvalue weighted by atomic mass is 9.93. The van der Waals surface area contributed by atoms with Crippen molar-refractivity contribution in [1.82, 2.24) is 0 Å². The molecule has 0 aromatic heterocycles. The highest BCUT2D eigenvalue weighted by molar-refractivity contribution is 6.17. The lowest BCUT2D eigenvalue weighted by Crippen LogP contribution is -2.36. The topological polar surface area (TPSA) is 3.24 Å². The lowest BCUT2D eigenvalue weighted by Gasteiger charge is -2.35. The normalized spacial score (nSPS) is 16.8. The van der Waals surface area contributed by atoms with Crippen molar-refractivity contribution in [2.45, 2.75) is 50.9 Å². The summed E-state index contributed by atoms with van der Waals surface area (Å²) in [6.45, 7) is 3.07. The van der Waals surface area contributed by atoms with Gasteiger partial charge in [0.1, 0.15) is 5.82 Å². The summed E-state index contributed by atoms with van der Waals surface area (Å²) in [6, 6.07) is 5.74. The van der Waals surface area contributed by atoms with Crippen molar-refractivity contribution in [2.24, 2.45) is 0 Å². The van der Waals surface area contributed by atoms with Crippen molar-refractivity contribution >= 4 is 17.3 Å². The van der Waals surface area contributed by atoms with Crippen molar-refractivity contribution in [2.75, 3.05) is 11.4 Å². The maximum atomic E-state index is 13.6. The van der Waals surface area contributed by atoms with E-state index in [1.165, 1.54) is 38.2 Å². The van der Waals surface area contributed by atoms with Gasteiger partial charge in [-0.1, -0.05) is 19.3 Å². The Labute approximate surface area is 114 Å². The zero-order valence-electron chi connectivity index (χ0n) is 11.0. The molecule has 1 saturated carbocycles. The minimum absolute atomic E-state index is 0.183. The first-order valence-corrected chi connectivity index (χ1v) is 7.40. The fourth-order valence-electron chi connectivity index (χ4n) is 2.92. The summed E-state index contributed by atoms with van der Waals surface area (Å²) >= 11 is 5.82. The molecule has 0 radical (unpaired) electrons. The van der Waals surface area contributed by atoms with Gasteiger partial charge < -0.3 is 4.90 Å². The van der Waals surface area contributed by atoms with Gasteiger partial charge in [0.25, 0.3) is 0 Å². The van der Waals surface area contributed by atoms with Gasteiger partial charge in [-0.05, 0) is 43.5 Å². The molecule has 0 atom stereocenters. The third-order valence-corrected chi connectivity index (χ3v) is 4.09. The Kier molecular flexibility index (Phi) is 4.87. The highest BCUT2D eigenvalue weighted by atomic mass is 35.5. The van der Waals surface area contributed by atoms with Gasteiger partial charge in [-0.2, -0.15) is 0 Å². The standard InChI is InChI=1S/C15H21ClFN/c1-2-18(14-6-4-3-5-7-14)15-9-12(11-16)8-13(17)10-15/h8-10,14H,2-7,11H2,1H3. The quantitative estimate of drug-likeness (QED) is 0.715. The first-order chi connectivity index (χ1) is 8.74. The summed E-state index contributed by atoms with van der Waals surface area (Å²) in [7, 11) is 0. The molecule has 18 heavy (non-hydrogen) atoms. The van der Waals surface area contributed by atoms with Crippen LogP contribution in [0.25, 0.3) is 0 Å². The molecule has 1 aliphatic carbocycles. The highest BCUT2D eigenvalue weighted by Gasteiger charge is 2.20. The van der Waals surface area contributed by atoms with Gasteiger partial charge in [0.05, 0.1) is 0 Å². The second-order valence-corrected chi connectivity index (χ2v) is 5.30. The summed E-state index contributed by atoms with van der Waals surface area (Å²) in [4.78, 5) is 2.33. The minimum atomic E-state index is -0.183. The highest BCUT2D eigenvalue weighted by Crippen LogP contribution is 2.28. The van der Waals surface area contributed by atoms with Gasteiger partial charge in [0, 0.05) is 24.2 Å². The molecule has 1 aromatic rings. The largest absolute Gasteiger partial charge is 0.369 e. The van der Waals surface area contributed by atoms with Crippen LogP contribution in [0.15, 0.2) is 18.2 Å². The van der Waals surface area contributed by atoms with Crippen LogP contribution in [-0.2, 0) is 5.88 Å². The number of nitrogens with zero attached hydrogens (tertiary/aromatic N) is 1. The molecule has 0 aliphatic heterocycles. The van der Waals surface area contributed by atoms with Crippen LogP contribution < -0.4 is 4.90 Å². The van der Waals surface area contributed by atoms with E-state index in [2.05, 4.69) is 11.8 Å².